The zero-order valence-electron chi connectivity index (χ0n) is 14.1. The quantitative estimate of drug-likeness (QED) is 0.438. The summed E-state index contributed by atoms with van der Waals surface area (Å²) in [5, 5.41) is 11.4. The number of hydrogen-bond acceptors (Lipinski definition) is 4. The molecule has 1 aromatic carbocycles. The minimum atomic E-state index is -0.749. The lowest BCUT2D eigenvalue weighted by atomic mass is 10.0. The highest BCUT2D eigenvalue weighted by molar-refractivity contribution is 7.10. The van der Waals surface area contributed by atoms with Gasteiger partial charge in [0, 0.05) is 16.9 Å². The molecule has 0 saturated carbocycles. The van der Waals surface area contributed by atoms with E-state index in [0.717, 1.165) is 24.8 Å². The molecule has 2 rings (SSSR count). The highest BCUT2D eigenvalue weighted by atomic mass is 32.1. The lowest BCUT2D eigenvalue weighted by molar-refractivity contribution is 0.119. The molecular weight excluding hydrogens is 318 g/mol. The van der Waals surface area contributed by atoms with Gasteiger partial charge in [0.1, 0.15) is 6.23 Å². The highest BCUT2D eigenvalue weighted by Crippen LogP contribution is 2.20. The van der Waals surface area contributed by atoms with Crippen LogP contribution in [0.2, 0.25) is 0 Å². The van der Waals surface area contributed by atoms with Crippen LogP contribution < -0.4 is 5.73 Å². The first kappa shape index (κ1) is 18.7. The van der Waals surface area contributed by atoms with E-state index in [9.17, 15) is 5.11 Å². The molecule has 0 aliphatic rings. The summed E-state index contributed by atoms with van der Waals surface area (Å²) in [6.07, 6.45) is 1.75. The SMILES string of the molecule is C[C@H](CCc1sccc1C#CCCOCc1ccccc1)C(N)O. The van der Waals surface area contributed by atoms with Gasteiger partial charge in [0.05, 0.1) is 13.2 Å². The Balaban J connectivity index is 1.72. The summed E-state index contributed by atoms with van der Waals surface area (Å²) < 4.78 is 5.63. The molecule has 2 atom stereocenters. The minimum Gasteiger partial charge on any atom is -0.379 e. The molecule has 0 radical (unpaired) electrons. The summed E-state index contributed by atoms with van der Waals surface area (Å²) in [5.41, 5.74) is 7.77. The molecule has 0 aliphatic carbocycles. The Labute approximate surface area is 148 Å². The second-order valence-electron chi connectivity index (χ2n) is 5.85. The van der Waals surface area contributed by atoms with Gasteiger partial charge in [-0.1, -0.05) is 49.1 Å². The van der Waals surface area contributed by atoms with Crippen LogP contribution in [0.3, 0.4) is 0 Å². The van der Waals surface area contributed by atoms with Crippen molar-refractivity contribution in [2.45, 2.75) is 39.0 Å². The zero-order valence-corrected chi connectivity index (χ0v) is 14.9. The molecule has 0 saturated heterocycles. The Morgan fingerprint density at radius 2 is 2.04 bits per heavy atom. The number of benzene rings is 1. The van der Waals surface area contributed by atoms with Gasteiger partial charge in [-0.2, -0.15) is 0 Å². The van der Waals surface area contributed by atoms with Crippen LogP contribution in [0.4, 0.5) is 0 Å². The van der Waals surface area contributed by atoms with Crippen molar-refractivity contribution in [1.29, 1.82) is 0 Å². The van der Waals surface area contributed by atoms with E-state index in [1.54, 1.807) is 11.3 Å². The molecule has 0 spiro atoms. The van der Waals surface area contributed by atoms with Crippen LogP contribution in [0, 0.1) is 17.8 Å². The van der Waals surface area contributed by atoms with Gasteiger partial charge in [0.2, 0.25) is 0 Å². The van der Waals surface area contributed by atoms with E-state index >= 15 is 0 Å². The number of aliphatic hydroxyl groups is 1. The molecule has 3 N–H and O–H groups in total. The molecule has 2 aromatic rings. The molecule has 1 unspecified atom stereocenters. The first-order chi connectivity index (χ1) is 11.7. The molecule has 0 aliphatic heterocycles. The van der Waals surface area contributed by atoms with E-state index in [1.165, 1.54) is 10.4 Å². The molecule has 3 nitrogen and oxygen atoms in total. The van der Waals surface area contributed by atoms with Gasteiger partial charge in [-0.3, -0.25) is 0 Å². The molecule has 1 heterocycles. The maximum atomic E-state index is 9.36. The van der Waals surface area contributed by atoms with Crippen molar-refractivity contribution in [3.05, 3.63) is 57.8 Å². The summed E-state index contributed by atoms with van der Waals surface area (Å²) in [6, 6.07) is 12.2. The summed E-state index contributed by atoms with van der Waals surface area (Å²) in [6.45, 7) is 3.23. The molecule has 4 heteroatoms. The third-order valence-corrected chi connectivity index (χ3v) is 4.84. The van der Waals surface area contributed by atoms with Gasteiger partial charge in [0.25, 0.3) is 0 Å². The van der Waals surface area contributed by atoms with Crippen molar-refractivity contribution in [3.8, 4) is 11.8 Å². The van der Waals surface area contributed by atoms with Crippen LogP contribution in [0.15, 0.2) is 41.8 Å². The smallest absolute Gasteiger partial charge is 0.105 e. The maximum absolute atomic E-state index is 9.36. The summed E-state index contributed by atoms with van der Waals surface area (Å²) in [7, 11) is 0. The second kappa shape index (κ2) is 10.3. The Morgan fingerprint density at radius 1 is 1.25 bits per heavy atom. The molecule has 1 aromatic heterocycles. The average Bonchev–Trinajstić information content (AvgIpc) is 3.04. The summed E-state index contributed by atoms with van der Waals surface area (Å²) >= 11 is 1.71. The predicted molar refractivity (Wildman–Crippen MR) is 99.6 cm³/mol. The van der Waals surface area contributed by atoms with Gasteiger partial charge in [-0.05, 0) is 35.8 Å². The Morgan fingerprint density at radius 3 is 2.79 bits per heavy atom. The Hall–Kier alpha value is -1.64. The summed E-state index contributed by atoms with van der Waals surface area (Å²) in [5.74, 6) is 6.51. The van der Waals surface area contributed by atoms with E-state index in [4.69, 9.17) is 10.5 Å². The standard InChI is InChI=1S/C20H25NO2S/c1-16(20(21)22)10-11-19-18(12-14-24-19)9-5-6-13-23-15-17-7-3-2-4-8-17/h2-4,7-8,12,14,16,20,22H,6,10-11,13,15,21H2,1H3/t16-,20?/m1/s1. The number of aliphatic hydroxyl groups excluding tert-OH is 1. The molecule has 0 amide bonds. The van der Waals surface area contributed by atoms with Crippen molar-refractivity contribution < 1.29 is 9.84 Å². The molecule has 24 heavy (non-hydrogen) atoms. The van der Waals surface area contributed by atoms with Crippen LogP contribution in [-0.4, -0.2) is 17.9 Å². The van der Waals surface area contributed by atoms with E-state index in [1.807, 2.05) is 25.1 Å². The molecule has 128 valence electrons. The van der Waals surface area contributed by atoms with Crippen molar-refractivity contribution in [1.82, 2.24) is 0 Å². The summed E-state index contributed by atoms with van der Waals surface area (Å²) in [4.78, 5) is 1.26. The fourth-order valence-electron chi connectivity index (χ4n) is 2.22. The van der Waals surface area contributed by atoms with Gasteiger partial charge in [-0.15, -0.1) is 11.3 Å². The molecular formula is C20H25NO2S. The number of rotatable bonds is 8. The number of hydrogen-bond donors (Lipinski definition) is 2. The number of ether oxygens (including phenoxy) is 1. The van der Waals surface area contributed by atoms with Crippen molar-refractivity contribution in [2.24, 2.45) is 11.7 Å². The van der Waals surface area contributed by atoms with Gasteiger partial charge in [-0.25, -0.2) is 0 Å². The van der Waals surface area contributed by atoms with E-state index < -0.39 is 6.23 Å². The van der Waals surface area contributed by atoms with E-state index in [-0.39, 0.29) is 5.92 Å². The monoisotopic (exact) mass is 343 g/mol. The highest BCUT2D eigenvalue weighted by Gasteiger charge is 2.10. The van der Waals surface area contributed by atoms with Crippen LogP contribution >= 0.6 is 11.3 Å². The van der Waals surface area contributed by atoms with Gasteiger partial charge < -0.3 is 15.6 Å². The first-order valence-electron chi connectivity index (χ1n) is 8.27. The van der Waals surface area contributed by atoms with E-state index in [2.05, 4.69) is 35.4 Å². The predicted octanol–water partition coefficient (Wildman–Crippen LogP) is 3.55. The average molecular weight is 343 g/mol. The minimum absolute atomic E-state index is 0.0966. The Bertz CT molecular complexity index is 655. The molecule has 0 fully saturated rings. The van der Waals surface area contributed by atoms with E-state index in [0.29, 0.717) is 13.2 Å². The van der Waals surface area contributed by atoms with Crippen LogP contribution in [0.25, 0.3) is 0 Å². The maximum Gasteiger partial charge on any atom is 0.105 e. The molecule has 0 bridgehead atoms. The largest absolute Gasteiger partial charge is 0.379 e. The normalized spacial score (nSPS) is 13.1. The van der Waals surface area contributed by atoms with Crippen LogP contribution in [0.1, 0.15) is 35.8 Å². The van der Waals surface area contributed by atoms with Crippen molar-refractivity contribution in [3.63, 3.8) is 0 Å². The van der Waals surface area contributed by atoms with Gasteiger partial charge >= 0.3 is 0 Å². The van der Waals surface area contributed by atoms with Crippen molar-refractivity contribution >= 4 is 11.3 Å². The lowest BCUT2D eigenvalue weighted by Gasteiger charge is -2.13. The number of thiophene rings is 1. The lowest BCUT2D eigenvalue weighted by Crippen LogP contribution is -2.27. The van der Waals surface area contributed by atoms with Gasteiger partial charge in [0.15, 0.2) is 0 Å². The Kier molecular flexibility index (Phi) is 8.00. The van der Waals surface area contributed by atoms with Crippen LogP contribution in [0.5, 0.6) is 0 Å². The second-order valence-corrected chi connectivity index (χ2v) is 6.85. The fraction of sp³-hybridized carbons (Fsp3) is 0.400. The third-order valence-electron chi connectivity index (χ3n) is 3.86. The topological polar surface area (TPSA) is 55.5 Å². The number of aryl methyl sites for hydroxylation is 1. The third kappa shape index (κ3) is 6.46. The fourth-order valence-corrected chi connectivity index (χ4v) is 3.07. The first-order valence-corrected chi connectivity index (χ1v) is 9.15. The van der Waals surface area contributed by atoms with Crippen molar-refractivity contribution in [2.75, 3.05) is 6.61 Å². The van der Waals surface area contributed by atoms with Crippen LogP contribution in [-0.2, 0) is 17.8 Å². The number of nitrogens with two attached hydrogens (primary N) is 1. The zero-order chi connectivity index (χ0) is 17.2.